The molecule has 1 heterocycles. The largest absolute Gasteiger partial charge is 0.497 e. The Labute approximate surface area is 203 Å². The van der Waals surface area contributed by atoms with E-state index in [9.17, 15) is 14.4 Å². The summed E-state index contributed by atoms with van der Waals surface area (Å²) in [6.45, 7) is 4.11. The number of halogens is 1. The number of aromatic nitrogens is 2. The number of benzene rings is 2. The predicted molar refractivity (Wildman–Crippen MR) is 128 cm³/mol. The molecule has 0 bridgehead atoms. The van der Waals surface area contributed by atoms with Gasteiger partial charge in [-0.25, -0.2) is 4.68 Å². The average molecular weight is 480 g/mol. The Kier molecular flexibility index (Phi) is 6.84. The van der Waals surface area contributed by atoms with Crippen LogP contribution < -0.4 is 10.1 Å². The second-order valence-electron chi connectivity index (χ2n) is 8.63. The quantitative estimate of drug-likeness (QED) is 0.515. The molecule has 1 N–H and O–H groups in total. The number of ketones is 2. The number of carbonyl (C=O) groups excluding carboxylic acids is 3. The molecular weight excluding hydrogens is 454 g/mol. The summed E-state index contributed by atoms with van der Waals surface area (Å²) in [5.41, 5.74) is 4.11. The zero-order valence-electron chi connectivity index (χ0n) is 19.3. The van der Waals surface area contributed by atoms with Crippen LogP contribution in [0.3, 0.4) is 0 Å². The van der Waals surface area contributed by atoms with Gasteiger partial charge in [0.15, 0.2) is 5.78 Å². The molecule has 0 saturated heterocycles. The summed E-state index contributed by atoms with van der Waals surface area (Å²) in [6, 6.07) is 11.2. The number of amides is 1. The molecule has 0 aliphatic heterocycles. The number of hydrogen-bond donors (Lipinski definition) is 1. The molecule has 1 aliphatic rings. The fraction of sp³-hybridized carbons (Fsp3) is 0.308. The number of aryl methyl sites for hydroxylation is 2. The van der Waals surface area contributed by atoms with Gasteiger partial charge in [0.2, 0.25) is 5.91 Å². The van der Waals surface area contributed by atoms with Crippen LogP contribution in [0.15, 0.2) is 48.8 Å². The van der Waals surface area contributed by atoms with E-state index in [0.717, 1.165) is 33.7 Å². The van der Waals surface area contributed by atoms with Gasteiger partial charge < -0.3 is 10.1 Å². The predicted octanol–water partition coefficient (Wildman–Crippen LogP) is 4.10. The maximum atomic E-state index is 13.2. The molecule has 34 heavy (non-hydrogen) atoms. The van der Waals surface area contributed by atoms with Gasteiger partial charge in [0.05, 0.1) is 24.0 Å². The lowest BCUT2D eigenvalue weighted by atomic mass is 9.87. The SMILES string of the molecule is COc1ccc(CNC(=O)CC2CC(=O)C(c3c(C)cc(-n4cc(Cl)cn4)cc3C)C2=O)cc1. The van der Waals surface area contributed by atoms with E-state index in [4.69, 9.17) is 16.3 Å². The van der Waals surface area contributed by atoms with Crippen LogP contribution in [-0.4, -0.2) is 34.4 Å². The van der Waals surface area contributed by atoms with Crippen LogP contribution in [0.4, 0.5) is 0 Å². The number of methoxy groups -OCH3 is 1. The monoisotopic (exact) mass is 479 g/mol. The van der Waals surface area contributed by atoms with Gasteiger partial charge in [-0.1, -0.05) is 23.7 Å². The van der Waals surface area contributed by atoms with Crippen LogP contribution in [0.25, 0.3) is 5.69 Å². The molecule has 176 valence electrons. The fourth-order valence-corrected chi connectivity index (χ4v) is 4.69. The Hall–Kier alpha value is -3.45. The van der Waals surface area contributed by atoms with Crippen molar-refractivity contribution in [1.82, 2.24) is 15.1 Å². The van der Waals surface area contributed by atoms with Crippen LogP contribution in [0.2, 0.25) is 5.02 Å². The fourth-order valence-electron chi connectivity index (χ4n) is 4.55. The number of ether oxygens (including phenoxy) is 1. The molecule has 1 saturated carbocycles. The number of carbonyl (C=O) groups is 3. The zero-order chi connectivity index (χ0) is 24.4. The van der Waals surface area contributed by atoms with E-state index in [1.165, 1.54) is 0 Å². The molecule has 0 radical (unpaired) electrons. The third kappa shape index (κ3) is 4.89. The number of hydrogen-bond acceptors (Lipinski definition) is 5. The van der Waals surface area contributed by atoms with Crippen LogP contribution in [0, 0.1) is 19.8 Å². The second kappa shape index (κ2) is 9.81. The third-order valence-corrected chi connectivity index (χ3v) is 6.41. The van der Waals surface area contributed by atoms with Gasteiger partial charge in [-0.3, -0.25) is 14.4 Å². The van der Waals surface area contributed by atoms with Crippen molar-refractivity contribution in [2.45, 2.75) is 39.2 Å². The highest BCUT2D eigenvalue weighted by Crippen LogP contribution is 2.38. The molecule has 1 aromatic heterocycles. The van der Waals surface area contributed by atoms with Crippen molar-refractivity contribution >= 4 is 29.1 Å². The first-order valence-corrected chi connectivity index (χ1v) is 11.4. The minimum absolute atomic E-state index is 0.000800. The highest BCUT2D eigenvalue weighted by Gasteiger charge is 2.43. The molecular formula is C26H26ClN3O4. The number of nitrogens with one attached hydrogen (secondary N) is 1. The normalized spacial score (nSPS) is 17.8. The maximum Gasteiger partial charge on any atom is 0.221 e. The van der Waals surface area contributed by atoms with Gasteiger partial charge >= 0.3 is 0 Å². The summed E-state index contributed by atoms with van der Waals surface area (Å²) < 4.78 is 6.79. The van der Waals surface area contributed by atoms with E-state index >= 15 is 0 Å². The summed E-state index contributed by atoms with van der Waals surface area (Å²) in [5, 5.41) is 7.58. The van der Waals surface area contributed by atoms with Gasteiger partial charge in [-0.2, -0.15) is 5.10 Å². The third-order valence-electron chi connectivity index (χ3n) is 6.22. The standard InChI is InChI=1S/C26H26ClN3O4/c1-15-8-20(30-14-19(27)13-29-30)9-16(2)24(15)25-22(31)10-18(26(25)33)11-23(32)28-12-17-4-6-21(34-3)7-5-17/h4-9,13-14,18,25H,10-12H2,1-3H3,(H,28,32). The molecule has 4 rings (SSSR count). The first kappa shape index (κ1) is 23.7. The molecule has 3 aromatic rings. The Bertz CT molecular complexity index is 1230. The van der Waals surface area contributed by atoms with Crippen LogP contribution in [-0.2, 0) is 20.9 Å². The number of nitrogens with zero attached hydrogens (tertiary/aromatic N) is 2. The topological polar surface area (TPSA) is 90.3 Å². The Balaban J connectivity index is 1.44. The molecule has 2 unspecified atom stereocenters. The van der Waals surface area contributed by atoms with Gasteiger partial charge in [0, 0.05) is 31.5 Å². The van der Waals surface area contributed by atoms with Crippen molar-refractivity contribution in [2.24, 2.45) is 5.92 Å². The average Bonchev–Trinajstić information content (AvgIpc) is 3.36. The highest BCUT2D eigenvalue weighted by molar-refractivity contribution is 6.30. The molecule has 1 amide bonds. The van der Waals surface area contributed by atoms with Crippen molar-refractivity contribution < 1.29 is 19.1 Å². The Morgan fingerprint density at radius 1 is 1.18 bits per heavy atom. The van der Waals surface area contributed by atoms with E-state index in [1.54, 1.807) is 24.2 Å². The molecule has 8 heteroatoms. The number of rotatable bonds is 7. The smallest absolute Gasteiger partial charge is 0.221 e. The van der Waals surface area contributed by atoms with Gasteiger partial charge in [-0.05, 0) is 60.4 Å². The van der Waals surface area contributed by atoms with Gasteiger partial charge in [-0.15, -0.1) is 0 Å². The van der Waals surface area contributed by atoms with Crippen molar-refractivity contribution in [2.75, 3.05) is 7.11 Å². The minimum Gasteiger partial charge on any atom is -0.497 e. The van der Waals surface area contributed by atoms with E-state index in [0.29, 0.717) is 11.6 Å². The second-order valence-corrected chi connectivity index (χ2v) is 9.06. The molecule has 2 atom stereocenters. The van der Waals surface area contributed by atoms with E-state index in [2.05, 4.69) is 10.4 Å². The maximum absolute atomic E-state index is 13.2. The molecule has 7 nitrogen and oxygen atoms in total. The zero-order valence-corrected chi connectivity index (χ0v) is 20.1. The summed E-state index contributed by atoms with van der Waals surface area (Å²) in [4.78, 5) is 38.6. The lowest BCUT2D eigenvalue weighted by Gasteiger charge is -2.17. The lowest BCUT2D eigenvalue weighted by Crippen LogP contribution is -2.27. The van der Waals surface area contributed by atoms with Crippen molar-refractivity contribution in [3.05, 3.63) is 76.1 Å². The van der Waals surface area contributed by atoms with Crippen LogP contribution in [0.1, 0.15) is 41.0 Å². The van der Waals surface area contributed by atoms with E-state index < -0.39 is 11.8 Å². The summed E-state index contributed by atoms with van der Waals surface area (Å²) in [5.74, 6) is -1.29. The van der Waals surface area contributed by atoms with Crippen molar-refractivity contribution in [3.8, 4) is 11.4 Å². The van der Waals surface area contributed by atoms with Crippen molar-refractivity contribution in [3.63, 3.8) is 0 Å². The number of Topliss-reactive ketones (excluding diaryl/α,β-unsaturated/α-hetero) is 2. The molecule has 2 aromatic carbocycles. The Morgan fingerprint density at radius 3 is 2.44 bits per heavy atom. The summed E-state index contributed by atoms with van der Waals surface area (Å²) in [7, 11) is 1.59. The van der Waals surface area contributed by atoms with Crippen molar-refractivity contribution in [1.29, 1.82) is 0 Å². The summed E-state index contributed by atoms with van der Waals surface area (Å²) >= 11 is 5.98. The molecule has 1 fully saturated rings. The van der Waals surface area contributed by atoms with Crippen LogP contribution in [0.5, 0.6) is 5.75 Å². The van der Waals surface area contributed by atoms with Gasteiger partial charge in [0.25, 0.3) is 0 Å². The van der Waals surface area contributed by atoms with E-state index in [1.807, 2.05) is 50.2 Å². The van der Waals surface area contributed by atoms with Gasteiger partial charge in [0.1, 0.15) is 17.5 Å². The summed E-state index contributed by atoms with van der Waals surface area (Å²) in [6.07, 6.45) is 3.32. The molecule has 0 spiro atoms. The lowest BCUT2D eigenvalue weighted by molar-refractivity contribution is -0.128. The Morgan fingerprint density at radius 2 is 1.85 bits per heavy atom. The molecule has 1 aliphatic carbocycles. The van der Waals surface area contributed by atoms with Crippen LogP contribution >= 0.6 is 11.6 Å². The first-order valence-electron chi connectivity index (χ1n) is 11.0. The van der Waals surface area contributed by atoms with E-state index in [-0.39, 0.29) is 30.3 Å². The minimum atomic E-state index is -0.838. The first-order chi connectivity index (χ1) is 16.3. The highest BCUT2D eigenvalue weighted by atomic mass is 35.5.